The molecule has 0 spiro atoms. The van der Waals surface area contributed by atoms with Gasteiger partial charge < -0.3 is 9.47 Å². The SMILES string of the molecule is C=C1CC(CCCC(=O)OC2(C)C3CC4CC(C3)CC2C4)OC1=O. The quantitative estimate of drug-likeness (QED) is 0.568. The van der Waals surface area contributed by atoms with Crippen LogP contribution in [0.4, 0.5) is 0 Å². The van der Waals surface area contributed by atoms with Crippen LogP contribution in [0.5, 0.6) is 0 Å². The van der Waals surface area contributed by atoms with E-state index in [1.807, 2.05) is 0 Å². The summed E-state index contributed by atoms with van der Waals surface area (Å²) < 4.78 is 11.3. The van der Waals surface area contributed by atoms with Crippen molar-refractivity contribution in [3.05, 3.63) is 12.2 Å². The predicted molar refractivity (Wildman–Crippen MR) is 89.0 cm³/mol. The first-order valence-corrected chi connectivity index (χ1v) is 9.54. The minimum Gasteiger partial charge on any atom is -0.459 e. The minimum absolute atomic E-state index is 0.0758. The van der Waals surface area contributed by atoms with Crippen LogP contribution in [-0.2, 0) is 19.1 Å². The monoisotopic (exact) mass is 332 g/mol. The van der Waals surface area contributed by atoms with Crippen molar-refractivity contribution >= 4 is 11.9 Å². The Labute approximate surface area is 144 Å². The van der Waals surface area contributed by atoms with Crippen LogP contribution in [0, 0.1) is 23.7 Å². The topological polar surface area (TPSA) is 52.6 Å². The average Bonchev–Trinajstić information content (AvgIpc) is 2.83. The number of hydrogen-bond acceptors (Lipinski definition) is 4. The first-order valence-electron chi connectivity index (χ1n) is 9.54. The molecule has 5 fully saturated rings. The third-order valence-electron chi connectivity index (χ3n) is 7.04. The Morgan fingerprint density at radius 3 is 2.38 bits per heavy atom. The molecule has 4 saturated carbocycles. The molecule has 1 aliphatic heterocycles. The molecule has 0 aromatic carbocycles. The highest BCUT2D eigenvalue weighted by molar-refractivity contribution is 5.89. The summed E-state index contributed by atoms with van der Waals surface area (Å²) >= 11 is 0. The molecule has 4 nitrogen and oxygen atoms in total. The highest BCUT2D eigenvalue weighted by atomic mass is 16.6. The van der Waals surface area contributed by atoms with Gasteiger partial charge in [0.15, 0.2) is 0 Å². The van der Waals surface area contributed by atoms with Crippen LogP contribution in [0.2, 0.25) is 0 Å². The maximum atomic E-state index is 12.4. The molecule has 4 bridgehead atoms. The summed E-state index contributed by atoms with van der Waals surface area (Å²) in [5, 5.41) is 0. The molecule has 132 valence electrons. The molecule has 0 N–H and O–H groups in total. The molecule has 5 rings (SSSR count). The number of cyclic esters (lactones) is 1. The number of carbonyl (C=O) groups is 2. The Morgan fingerprint density at radius 2 is 1.83 bits per heavy atom. The summed E-state index contributed by atoms with van der Waals surface area (Å²) in [5.74, 6) is 2.53. The molecule has 1 heterocycles. The average molecular weight is 332 g/mol. The molecule has 1 atom stereocenters. The molecule has 1 saturated heterocycles. The normalized spacial score (nSPS) is 43.1. The van der Waals surface area contributed by atoms with E-state index in [1.54, 1.807) is 0 Å². The van der Waals surface area contributed by atoms with Crippen molar-refractivity contribution in [2.24, 2.45) is 23.7 Å². The van der Waals surface area contributed by atoms with Gasteiger partial charge in [-0.1, -0.05) is 6.58 Å². The second kappa shape index (κ2) is 5.89. The van der Waals surface area contributed by atoms with Crippen molar-refractivity contribution in [2.45, 2.75) is 76.4 Å². The van der Waals surface area contributed by atoms with Crippen molar-refractivity contribution in [1.29, 1.82) is 0 Å². The van der Waals surface area contributed by atoms with Gasteiger partial charge in [0.1, 0.15) is 11.7 Å². The van der Waals surface area contributed by atoms with Crippen LogP contribution >= 0.6 is 0 Å². The summed E-state index contributed by atoms with van der Waals surface area (Å²) in [6, 6.07) is 0. The maximum absolute atomic E-state index is 12.4. The van der Waals surface area contributed by atoms with Gasteiger partial charge in [-0.05, 0) is 75.5 Å². The van der Waals surface area contributed by atoms with Crippen LogP contribution in [-0.4, -0.2) is 23.6 Å². The molecule has 4 aliphatic carbocycles. The van der Waals surface area contributed by atoms with Crippen LogP contribution in [0.25, 0.3) is 0 Å². The van der Waals surface area contributed by atoms with E-state index >= 15 is 0 Å². The maximum Gasteiger partial charge on any atom is 0.333 e. The number of ether oxygens (including phenoxy) is 2. The smallest absolute Gasteiger partial charge is 0.333 e. The van der Waals surface area contributed by atoms with Crippen LogP contribution in [0.15, 0.2) is 12.2 Å². The van der Waals surface area contributed by atoms with Crippen LogP contribution in [0.1, 0.15) is 64.7 Å². The second-order valence-electron chi connectivity index (χ2n) is 8.69. The van der Waals surface area contributed by atoms with Crippen molar-refractivity contribution in [3.63, 3.8) is 0 Å². The van der Waals surface area contributed by atoms with Gasteiger partial charge in [0.05, 0.1) is 0 Å². The van der Waals surface area contributed by atoms with Gasteiger partial charge in [-0.15, -0.1) is 0 Å². The summed E-state index contributed by atoms with van der Waals surface area (Å²) in [7, 11) is 0. The molecule has 0 radical (unpaired) electrons. The van der Waals surface area contributed by atoms with Crippen LogP contribution < -0.4 is 0 Å². The molecule has 0 aromatic heterocycles. The van der Waals surface area contributed by atoms with E-state index in [1.165, 1.54) is 32.1 Å². The lowest BCUT2D eigenvalue weighted by atomic mass is 9.50. The molecule has 24 heavy (non-hydrogen) atoms. The second-order valence-corrected chi connectivity index (χ2v) is 8.69. The van der Waals surface area contributed by atoms with Crippen molar-refractivity contribution < 1.29 is 19.1 Å². The summed E-state index contributed by atoms with van der Waals surface area (Å²) in [6.45, 7) is 5.87. The number of rotatable bonds is 5. The Bertz CT molecular complexity index is 520. The number of hydrogen-bond donors (Lipinski definition) is 0. The largest absolute Gasteiger partial charge is 0.459 e. The number of esters is 2. The van der Waals surface area contributed by atoms with Gasteiger partial charge in [0.2, 0.25) is 0 Å². The fourth-order valence-corrected chi connectivity index (χ4v) is 5.85. The third kappa shape index (κ3) is 2.78. The van der Waals surface area contributed by atoms with E-state index in [4.69, 9.17) is 9.47 Å². The van der Waals surface area contributed by atoms with Gasteiger partial charge in [-0.2, -0.15) is 0 Å². The van der Waals surface area contributed by atoms with E-state index < -0.39 is 0 Å². The highest BCUT2D eigenvalue weighted by Gasteiger charge is 2.56. The lowest BCUT2D eigenvalue weighted by Crippen LogP contribution is -2.57. The van der Waals surface area contributed by atoms with E-state index in [2.05, 4.69) is 13.5 Å². The van der Waals surface area contributed by atoms with E-state index in [0.717, 1.165) is 11.8 Å². The first kappa shape index (κ1) is 16.2. The molecule has 0 amide bonds. The molecular formula is C20H28O4. The zero-order valence-electron chi connectivity index (χ0n) is 14.6. The van der Waals surface area contributed by atoms with E-state index in [9.17, 15) is 9.59 Å². The first-order chi connectivity index (χ1) is 11.4. The Morgan fingerprint density at radius 1 is 1.21 bits per heavy atom. The van der Waals surface area contributed by atoms with Crippen molar-refractivity contribution in [1.82, 2.24) is 0 Å². The van der Waals surface area contributed by atoms with Gasteiger partial charge in [-0.3, -0.25) is 4.79 Å². The van der Waals surface area contributed by atoms with Crippen molar-refractivity contribution in [3.8, 4) is 0 Å². The Balaban J connectivity index is 1.27. The summed E-state index contributed by atoms with van der Waals surface area (Å²) in [5.41, 5.74) is 0.308. The fraction of sp³-hybridized carbons (Fsp3) is 0.800. The van der Waals surface area contributed by atoms with E-state index in [0.29, 0.717) is 43.1 Å². The molecular weight excluding hydrogens is 304 g/mol. The van der Waals surface area contributed by atoms with Gasteiger partial charge in [0, 0.05) is 18.4 Å². The van der Waals surface area contributed by atoms with Gasteiger partial charge >= 0.3 is 11.9 Å². The lowest BCUT2D eigenvalue weighted by molar-refractivity contribution is -0.203. The lowest BCUT2D eigenvalue weighted by Gasteiger charge is -2.59. The third-order valence-corrected chi connectivity index (χ3v) is 7.04. The fourth-order valence-electron chi connectivity index (χ4n) is 5.85. The summed E-state index contributed by atoms with van der Waals surface area (Å²) in [4.78, 5) is 23.7. The van der Waals surface area contributed by atoms with Gasteiger partial charge in [0.25, 0.3) is 0 Å². The number of carbonyl (C=O) groups excluding carboxylic acids is 2. The van der Waals surface area contributed by atoms with E-state index in [-0.39, 0.29) is 23.6 Å². The Hall–Kier alpha value is -1.32. The minimum atomic E-state index is -0.288. The van der Waals surface area contributed by atoms with Crippen molar-refractivity contribution in [2.75, 3.05) is 0 Å². The molecule has 1 unspecified atom stereocenters. The predicted octanol–water partition coefficient (Wildman–Crippen LogP) is 3.79. The molecule has 5 aliphatic rings. The highest BCUT2D eigenvalue weighted by Crippen LogP contribution is 2.59. The molecule has 4 heteroatoms. The standard InChI is InChI=1S/C20H28O4/c1-12-6-17(23-19(12)22)4-3-5-18(21)24-20(2)15-8-13-7-14(10-15)11-16(20)9-13/h13-17H,1,3-11H2,2H3. The van der Waals surface area contributed by atoms with Gasteiger partial charge in [-0.25, -0.2) is 4.79 Å². The zero-order valence-corrected chi connectivity index (χ0v) is 14.6. The summed E-state index contributed by atoms with van der Waals surface area (Å²) in [6.07, 6.45) is 8.73. The molecule has 0 aromatic rings. The zero-order chi connectivity index (χ0) is 16.9. The Kier molecular flexibility index (Phi) is 3.97. The van der Waals surface area contributed by atoms with Crippen LogP contribution in [0.3, 0.4) is 0 Å².